The van der Waals surface area contributed by atoms with E-state index in [0.29, 0.717) is 24.7 Å². The van der Waals surface area contributed by atoms with Crippen LogP contribution in [0, 0.1) is 11.8 Å². The first-order chi connectivity index (χ1) is 11.7. The molecule has 130 valence electrons. The van der Waals surface area contributed by atoms with Gasteiger partial charge in [-0.15, -0.1) is 0 Å². The zero-order chi connectivity index (χ0) is 16.9. The molecule has 2 amide bonds. The maximum absolute atomic E-state index is 12.8. The number of fused-ring (bicyclic) bond motifs is 1. The van der Waals surface area contributed by atoms with E-state index in [1.165, 1.54) is 0 Å². The molecular formula is C19H27N3O2. The number of carbonyl (C=O) groups excluding carboxylic acids is 2. The van der Waals surface area contributed by atoms with Gasteiger partial charge in [0.25, 0.3) is 0 Å². The van der Waals surface area contributed by atoms with Crippen molar-refractivity contribution >= 4 is 11.8 Å². The maximum atomic E-state index is 12.8. The maximum Gasteiger partial charge on any atom is 0.245 e. The van der Waals surface area contributed by atoms with Gasteiger partial charge in [-0.05, 0) is 23.8 Å². The minimum absolute atomic E-state index is 0.0749. The van der Waals surface area contributed by atoms with Crippen molar-refractivity contribution in [2.45, 2.75) is 32.2 Å². The van der Waals surface area contributed by atoms with E-state index in [4.69, 9.17) is 0 Å². The van der Waals surface area contributed by atoms with Gasteiger partial charge in [-0.2, -0.15) is 0 Å². The number of benzene rings is 1. The summed E-state index contributed by atoms with van der Waals surface area (Å²) in [6.45, 7) is 5.71. The third kappa shape index (κ3) is 3.96. The van der Waals surface area contributed by atoms with Gasteiger partial charge in [-0.1, -0.05) is 43.7 Å². The van der Waals surface area contributed by atoms with Crippen LogP contribution >= 0.6 is 0 Å². The van der Waals surface area contributed by atoms with E-state index in [9.17, 15) is 9.59 Å². The minimum atomic E-state index is -0.391. The molecule has 0 saturated carbocycles. The van der Waals surface area contributed by atoms with Crippen LogP contribution in [0.5, 0.6) is 0 Å². The Kier molecular flexibility index (Phi) is 5.51. The highest BCUT2D eigenvalue weighted by Gasteiger charge is 2.39. The molecule has 2 aliphatic heterocycles. The second-order valence-corrected chi connectivity index (χ2v) is 6.99. The first-order valence-electron chi connectivity index (χ1n) is 9.00. The molecule has 3 atom stereocenters. The quantitative estimate of drug-likeness (QED) is 0.824. The second kappa shape index (κ2) is 7.79. The first kappa shape index (κ1) is 17.0. The fraction of sp³-hybridized carbons (Fsp3) is 0.579. The fourth-order valence-corrected chi connectivity index (χ4v) is 3.83. The SMILES string of the molecule is CCCC(NC(=O)Cc1ccccc1)C(=O)N1C[C@H]2CNC[C@H]2C1. The lowest BCUT2D eigenvalue weighted by Gasteiger charge is -2.25. The standard InChI is InChI=1S/C19H27N3O2/c1-2-6-17(21-18(23)9-14-7-4-3-5-8-14)19(24)22-12-15-10-20-11-16(15)13-22/h3-5,7-8,15-17,20H,2,6,9-13H2,1H3,(H,21,23)/t15-,16+,17?. The van der Waals surface area contributed by atoms with Crippen LogP contribution in [0.15, 0.2) is 30.3 Å². The van der Waals surface area contributed by atoms with Crippen molar-refractivity contribution in [3.8, 4) is 0 Å². The number of hydrogen-bond donors (Lipinski definition) is 2. The first-order valence-corrected chi connectivity index (χ1v) is 9.00. The molecule has 5 nitrogen and oxygen atoms in total. The van der Waals surface area contributed by atoms with Gasteiger partial charge < -0.3 is 15.5 Å². The zero-order valence-corrected chi connectivity index (χ0v) is 14.3. The fourth-order valence-electron chi connectivity index (χ4n) is 3.83. The molecule has 3 rings (SSSR count). The summed E-state index contributed by atoms with van der Waals surface area (Å²) in [5, 5.41) is 6.35. The van der Waals surface area contributed by atoms with E-state index in [-0.39, 0.29) is 11.8 Å². The van der Waals surface area contributed by atoms with Crippen LogP contribution in [-0.2, 0) is 16.0 Å². The normalized spacial score (nSPS) is 23.8. The highest BCUT2D eigenvalue weighted by molar-refractivity contribution is 5.88. The monoisotopic (exact) mass is 329 g/mol. The van der Waals surface area contributed by atoms with Crippen LogP contribution in [0.1, 0.15) is 25.3 Å². The summed E-state index contributed by atoms with van der Waals surface area (Å²) < 4.78 is 0. The van der Waals surface area contributed by atoms with E-state index in [1.807, 2.05) is 42.2 Å². The van der Waals surface area contributed by atoms with Gasteiger partial charge in [0.05, 0.1) is 6.42 Å². The minimum Gasteiger partial charge on any atom is -0.344 e. The molecule has 2 saturated heterocycles. The van der Waals surface area contributed by atoms with Gasteiger partial charge in [0.15, 0.2) is 0 Å². The lowest BCUT2D eigenvalue weighted by molar-refractivity contribution is -0.135. The summed E-state index contributed by atoms with van der Waals surface area (Å²) >= 11 is 0. The van der Waals surface area contributed by atoms with Crippen LogP contribution in [-0.4, -0.2) is 48.9 Å². The van der Waals surface area contributed by atoms with Gasteiger partial charge in [-0.25, -0.2) is 0 Å². The summed E-state index contributed by atoms with van der Waals surface area (Å²) in [6, 6.07) is 9.26. The molecule has 1 aromatic carbocycles. The summed E-state index contributed by atoms with van der Waals surface area (Å²) in [7, 11) is 0. The third-order valence-corrected chi connectivity index (χ3v) is 5.12. The van der Waals surface area contributed by atoms with Crippen molar-refractivity contribution in [3.63, 3.8) is 0 Å². The lowest BCUT2D eigenvalue weighted by Crippen LogP contribution is -2.48. The summed E-state index contributed by atoms with van der Waals surface area (Å²) in [4.78, 5) is 27.1. The predicted molar refractivity (Wildman–Crippen MR) is 93.4 cm³/mol. The zero-order valence-electron chi connectivity index (χ0n) is 14.3. The average Bonchev–Trinajstić information content (AvgIpc) is 3.16. The molecule has 24 heavy (non-hydrogen) atoms. The third-order valence-electron chi connectivity index (χ3n) is 5.12. The molecule has 1 unspecified atom stereocenters. The van der Waals surface area contributed by atoms with Crippen molar-refractivity contribution in [1.29, 1.82) is 0 Å². The summed E-state index contributed by atoms with van der Waals surface area (Å²) in [6.07, 6.45) is 1.90. The van der Waals surface area contributed by atoms with Crippen LogP contribution in [0.4, 0.5) is 0 Å². The van der Waals surface area contributed by atoms with E-state index < -0.39 is 6.04 Å². The Morgan fingerprint density at radius 2 is 1.88 bits per heavy atom. The Morgan fingerprint density at radius 3 is 2.50 bits per heavy atom. The van der Waals surface area contributed by atoms with Crippen molar-refractivity contribution < 1.29 is 9.59 Å². The number of nitrogens with zero attached hydrogens (tertiary/aromatic N) is 1. The molecule has 2 N–H and O–H groups in total. The molecule has 2 heterocycles. The Hall–Kier alpha value is -1.88. The smallest absolute Gasteiger partial charge is 0.245 e. The highest BCUT2D eigenvalue weighted by atomic mass is 16.2. The van der Waals surface area contributed by atoms with E-state index in [1.54, 1.807) is 0 Å². The lowest BCUT2D eigenvalue weighted by atomic mass is 10.0. The van der Waals surface area contributed by atoms with Crippen molar-refractivity contribution in [3.05, 3.63) is 35.9 Å². The molecule has 2 aliphatic rings. The van der Waals surface area contributed by atoms with Crippen LogP contribution in [0.3, 0.4) is 0 Å². The summed E-state index contributed by atoms with van der Waals surface area (Å²) in [5.41, 5.74) is 0.972. The molecule has 0 spiro atoms. The van der Waals surface area contributed by atoms with Gasteiger partial charge >= 0.3 is 0 Å². The van der Waals surface area contributed by atoms with Gasteiger partial charge in [0.1, 0.15) is 6.04 Å². The molecule has 5 heteroatoms. The van der Waals surface area contributed by atoms with Gasteiger partial charge in [0, 0.05) is 26.2 Å². The van der Waals surface area contributed by atoms with Crippen LogP contribution in [0.2, 0.25) is 0 Å². The van der Waals surface area contributed by atoms with Gasteiger partial charge in [0.2, 0.25) is 11.8 Å². The average molecular weight is 329 g/mol. The molecule has 0 bridgehead atoms. The van der Waals surface area contributed by atoms with Crippen LogP contribution in [0.25, 0.3) is 0 Å². The topological polar surface area (TPSA) is 61.4 Å². The Labute approximate surface area is 143 Å². The molecule has 2 fully saturated rings. The van der Waals surface area contributed by atoms with Gasteiger partial charge in [-0.3, -0.25) is 9.59 Å². The van der Waals surface area contributed by atoms with Crippen LogP contribution < -0.4 is 10.6 Å². The molecule has 1 aromatic rings. The number of nitrogens with one attached hydrogen (secondary N) is 2. The van der Waals surface area contributed by atoms with Crippen molar-refractivity contribution in [1.82, 2.24) is 15.5 Å². The molecule has 0 aromatic heterocycles. The van der Waals surface area contributed by atoms with E-state index in [0.717, 1.165) is 38.2 Å². The number of hydrogen-bond acceptors (Lipinski definition) is 3. The molecule has 0 radical (unpaired) electrons. The molecular weight excluding hydrogens is 302 g/mol. The Balaban J connectivity index is 1.57. The highest BCUT2D eigenvalue weighted by Crippen LogP contribution is 2.27. The Morgan fingerprint density at radius 1 is 1.21 bits per heavy atom. The summed E-state index contributed by atoms with van der Waals surface area (Å²) in [5.74, 6) is 1.18. The van der Waals surface area contributed by atoms with Crippen molar-refractivity contribution in [2.75, 3.05) is 26.2 Å². The van der Waals surface area contributed by atoms with E-state index >= 15 is 0 Å². The van der Waals surface area contributed by atoms with E-state index in [2.05, 4.69) is 10.6 Å². The number of amides is 2. The predicted octanol–water partition coefficient (Wildman–Crippen LogP) is 1.19. The Bertz CT molecular complexity index is 563. The number of carbonyl (C=O) groups is 2. The second-order valence-electron chi connectivity index (χ2n) is 6.99. The van der Waals surface area contributed by atoms with Crippen molar-refractivity contribution in [2.24, 2.45) is 11.8 Å². The largest absolute Gasteiger partial charge is 0.344 e. The molecule has 0 aliphatic carbocycles. The number of likely N-dealkylation sites (tertiary alicyclic amines) is 1. The number of rotatable bonds is 6.